The maximum Gasteiger partial charge on any atom is 0.249 e. The van der Waals surface area contributed by atoms with Crippen molar-refractivity contribution >= 4 is 28.5 Å². The molecule has 0 bridgehead atoms. The second kappa shape index (κ2) is 7.28. The number of pyridine rings is 2. The number of carbonyl (C=O) groups is 1. The predicted octanol–water partition coefficient (Wildman–Crippen LogP) is 3.12. The molecule has 0 unspecified atom stereocenters. The van der Waals surface area contributed by atoms with Crippen LogP contribution in [0.15, 0.2) is 65.4 Å². The lowest BCUT2D eigenvalue weighted by atomic mass is 10.1. The second-order valence-electron chi connectivity index (χ2n) is 6.57. The van der Waals surface area contributed by atoms with E-state index in [1.165, 1.54) is 0 Å². The molecule has 0 aliphatic carbocycles. The van der Waals surface area contributed by atoms with Gasteiger partial charge in [-0.1, -0.05) is 17.3 Å². The molecule has 1 aromatic carbocycles. The number of para-hydroxylation sites is 1. The van der Waals surface area contributed by atoms with Gasteiger partial charge in [0.25, 0.3) is 0 Å². The normalized spacial score (nSPS) is 11.1. The molecule has 148 valence electrons. The van der Waals surface area contributed by atoms with Crippen LogP contribution in [0.2, 0.25) is 0 Å². The van der Waals surface area contributed by atoms with Crippen molar-refractivity contribution < 1.29 is 14.1 Å². The SMILES string of the molecule is COc1ncccc1-c1ccc2nc(NC(=O)Cc3noc4ccccc34)nn2c1. The Labute approximate surface area is 170 Å². The van der Waals surface area contributed by atoms with Crippen LogP contribution >= 0.6 is 0 Å². The van der Waals surface area contributed by atoms with Crippen molar-refractivity contribution in [1.29, 1.82) is 0 Å². The first-order valence-electron chi connectivity index (χ1n) is 9.20. The van der Waals surface area contributed by atoms with E-state index in [1.54, 1.807) is 17.8 Å². The van der Waals surface area contributed by atoms with Crippen LogP contribution in [0.1, 0.15) is 5.69 Å². The fraction of sp³-hybridized carbons (Fsp3) is 0.0952. The minimum absolute atomic E-state index is 0.0602. The molecule has 1 N–H and O–H groups in total. The number of fused-ring (bicyclic) bond motifs is 2. The topological polar surface area (TPSA) is 107 Å². The van der Waals surface area contributed by atoms with E-state index in [1.807, 2.05) is 54.7 Å². The van der Waals surface area contributed by atoms with Gasteiger partial charge in [0.2, 0.25) is 17.7 Å². The molecule has 0 saturated carbocycles. The van der Waals surface area contributed by atoms with Gasteiger partial charge in [-0.3, -0.25) is 10.1 Å². The van der Waals surface area contributed by atoms with Gasteiger partial charge in [0.05, 0.1) is 13.5 Å². The molecule has 0 spiro atoms. The number of ether oxygens (including phenoxy) is 1. The van der Waals surface area contributed by atoms with Crippen LogP contribution in [0.5, 0.6) is 5.88 Å². The molecule has 4 aromatic heterocycles. The minimum Gasteiger partial charge on any atom is -0.481 e. The van der Waals surface area contributed by atoms with E-state index in [0.717, 1.165) is 16.5 Å². The van der Waals surface area contributed by atoms with Crippen molar-refractivity contribution in [2.24, 2.45) is 0 Å². The number of nitrogens with one attached hydrogen (secondary N) is 1. The van der Waals surface area contributed by atoms with E-state index in [0.29, 0.717) is 22.8 Å². The highest BCUT2D eigenvalue weighted by Gasteiger charge is 2.15. The van der Waals surface area contributed by atoms with E-state index in [4.69, 9.17) is 9.26 Å². The van der Waals surface area contributed by atoms with Crippen LogP contribution in [0.3, 0.4) is 0 Å². The molecule has 5 aromatic rings. The summed E-state index contributed by atoms with van der Waals surface area (Å²) in [6.45, 7) is 0. The summed E-state index contributed by atoms with van der Waals surface area (Å²) in [6, 6.07) is 14.9. The third-order valence-electron chi connectivity index (χ3n) is 4.64. The van der Waals surface area contributed by atoms with Crippen LogP contribution in [-0.2, 0) is 11.2 Å². The van der Waals surface area contributed by atoms with Crippen molar-refractivity contribution in [3.8, 4) is 17.0 Å². The van der Waals surface area contributed by atoms with E-state index in [9.17, 15) is 4.79 Å². The van der Waals surface area contributed by atoms with Crippen LogP contribution < -0.4 is 10.1 Å². The molecule has 1 amide bonds. The van der Waals surface area contributed by atoms with Gasteiger partial charge in [-0.15, -0.1) is 5.10 Å². The summed E-state index contributed by atoms with van der Waals surface area (Å²) in [7, 11) is 1.57. The highest BCUT2D eigenvalue weighted by molar-refractivity contribution is 5.93. The van der Waals surface area contributed by atoms with Gasteiger partial charge in [-0.25, -0.2) is 9.50 Å². The summed E-state index contributed by atoms with van der Waals surface area (Å²) in [5.41, 5.74) is 3.51. The highest BCUT2D eigenvalue weighted by Crippen LogP contribution is 2.27. The van der Waals surface area contributed by atoms with E-state index >= 15 is 0 Å². The molecule has 0 aliphatic heterocycles. The predicted molar refractivity (Wildman–Crippen MR) is 109 cm³/mol. The molecule has 0 aliphatic rings. The minimum atomic E-state index is -0.279. The molecule has 0 radical (unpaired) electrons. The third-order valence-corrected chi connectivity index (χ3v) is 4.64. The molecule has 0 atom stereocenters. The van der Waals surface area contributed by atoms with Gasteiger partial charge < -0.3 is 9.26 Å². The Kier molecular flexibility index (Phi) is 4.32. The molecule has 0 fully saturated rings. The number of hydrogen-bond acceptors (Lipinski definition) is 7. The zero-order valence-electron chi connectivity index (χ0n) is 15.9. The van der Waals surface area contributed by atoms with E-state index in [-0.39, 0.29) is 18.3 Å². The molecule has 30 heavy (non-hydrogen) atoms. The fourth-order valence-corrected chi connectivity index (χ4v) is 3.26. The van der Waals surface area contributed by atoms with Crippen molar-refractivity contribution in [3.05, 3.63) is 66.6 Å². The number of anilines is 1. The Balaban J connectivity index is 1.38. The number of amides is 1. The Morgan fingerprint density at radius 2 is 2.07 bits per heavy atom. The quantitative estimate of drug-likeness (QED) is 0.483. The van der Waals surface area contributed by atoms with Crippen LogP contribution in [0.4, 0.5) is 5.95 Å². The second-order valence-corrected chi connectivity index (χ2v) is 6.57. The number of hydrogen-bond donors (Lipinski definition) is 1. The van der Waals surface area contributed by atoms with Crippen molar-refractivity contribution in [3.63, 3.8) is 0 Å². The first-order valence-corrected chi connectivity index (χ1v) is 9.20. The monoisotopic (exact) mass is 400 g/mol. The Hall–Kier alpha value is -4.27. The van der Waals surface area contributed by atoms with Crippen molar-refractivity contribution in [1.82, 2.24) is 24.7 Å². The number of benzene rings is 1. The summed E-state index contributed by atoms with van der Waals surface area (Å²) in [4.78, 5) is 21.0. The lowest BCUT2D eigenvalue weighted by Gasteiger charge is -2.06. The van der Waals surface area contributed by atoms with Crippen LogP contribution in [0, 0.1) is 0 Å². The zero-order valence-corrected chi connectivity index (χ0v) is 15.9. The summed E-state index contributed by atoms with van der Waals surface area (Å²) in [5.74, 6) is 0.451. The van der Waals surface area contributed by atoms with Crippen LogP contribution in [0.25, 0.3) is 27.7 Å². The Morgan fingerprint density at radius 1 is 1.17 bits per heavy atom. The van der Waals surface area contributed by atoms with Crippen LogP contribution in [-0.4, -0.2) is 37.8 Å². The maximum absolute atomic E-state index is 12.5. The number of carbonyl (C=O) groups excluding carboxylic acids is 1. The van der Waals surface area contributed by atoms with Gasteiger partial charge in [0.1, 0.15) is 5.69 Å². The molecular formula is C21H16N6O3. The average Bonchev–Trinajstić information content (AvgIpc) is 3.36. The number of nitrogens with zero attached hydrogens (tertiary/aromatic N) is 5. The molecule has 4 heterocycles. The lowest BCUT2D eigenvalue weighted by Crippen LogP contribution is -2.15. The van der Waals surface area contributed by atoms with E-state index in [2.05, 4.69) is 25.5 Å². The summed E-state index contributed by atoms with van der Waals surface area (Å²) >= 11 is 0. The molecule has 0 saturated heterocycles. The van der Waals surface area contributed by atoms with Crippen molar-refractivity contribution in [2.75, 3.05) is 12.4 Å². The number of rotatable bonds is 5. The molecule has 9 nitrogen and oxygen atoms in total. The standard InChI is InChI=1S/C21H16N6O3/c1-29-20-14(6-4-10-22-20)13-8-9-18-23-21(25-27(18)12-13)24-19(28)11-16-15-5-2-3-7-17(15)30-26-16/h2-10,12H,11H2,1H3,(H,24,25,28). The van der Waals surface area contributed by atoms with Gasteiger partial charge in [0, 0.05) is 28.9 Å². The largest absolute Gasteiger partial charge is 0.481 e. The molecular weight excluding hydrogens is 384 g/mol. The van der Waals surface area contributed by atoms with Gasteiger partial charge in [-0.2, -0.15) is 4.98 Å². The van der Waals surface area contributed by atoms with Gasteiger partial charge >= 0.3 is 0 Å². The highest BCUT2D eigenvalue weighted by atomic mass is 16.5. The van der Waals surface area contributed by atoms with E-state index < -0.39 is 0 Å². The number of methoxy groups -OCH3 is 1. The molecule has 5 rings (SSSR count). The zero-order chi connectivity index (χ0) is 20.5. The summed E-state index contributed by atoms with van der Waals surface area (Å²) in [5, 5.41) is 11.9. The summed E-state index contributed by atoms with van der Waals surface area (Å²) < 4.78 is 12.2. The van der Waals surface area contributed by atoms with Gasteiger partial charge in [-0.05, 0) is 36.4 Å². The first-order chi connectivity index (χ1) is 14.7. The number of aromatic nitrogens is 5. The Bertz CT molecular complexity index is 1370. The first kappa shape index (κ1) is 17.8. The Morgan fingerprint density at radius 3 is 2.97 bits per heavy atom. The van der Waals surface area contributed by atoms with Gasteiger partial charge in [0.15, 0.2) is 11.2 Å². The molecule has 9 heteroatoms. The lowest BCUT2D eigenvalue weighted by molar-refractivity contribution is -0.115. The van der Waals surface area contributed by atoms with Crippen molar-refractivity contribution in [2.45, 2.75) is 6.42 Å². The third kappa shape index (κ3) is 3.22. The maximum atomic E-state index is 12.5. The average molecular weight is 400 g/mol. The smallest absolute Gasteiger partial charge is 0.249 e. The summed E-state index contributed by atoms with van der Waals surface area (Å²) in [6.07, 6.45) is 3.54. The fourth-order valence-electron chi connectivity index (χ4n) is 3.26.